The predicted octanol–water partition coefficient (Wildman–Crippen LogP) is -0.302. The molecule has 4 heteroatoms. The fourth-order valence-corrected chi connectivity index (χ4v) is 1.42. The molecule has 2 nitrogen and oxygen atoms in total. The van der Waals surface area contributed by atoms with E-state index in [2.05, 4.69) is 6.07 Å². The van der Waals surface area contributed by atoms with Gasteiger partial charge in [-0.2, -0.15) is 30.3 Å². The van der Waals surface area contributed by atoms with Crippen molar-refractivity contribution < 1.29 is 26.5 Å². The third-order valence-corrected chi connectivity index (χ3v) is 2.25. The van der Waals surface area contributed by atoms with Crippen LogP contribution in [0.2, 0.25) is 0 Å². The van der Waals surface area contributed by atoms with Crippen molar-refractivity contribution in [1.29, 1.82) is 0 Å². The molecule has 0 saturated carbocycles. The molecule has 0 amide bonds. The minimum absolute atomic E-state index is 0. The minimum atomic E-state index is 0. The van der Waals surface area contributed by atoms with Gasteiger partial charge >= 0.3 is 23.1 Å². The van der Waals surface area contributed by atoms with Gasteiger partial charge in [0.2, 0.25) is 0 Å². The van der Waals surface area contributed by atoms with Crippen LogP contribution in [0.5, 0.6) is 11.5 Å². The average molecular weight is 317 g/mol. The summed E-state index contributed by atoms with van der Waals surface area (Å²) in [6, 6.07) is 18.3. The van der Waals surface area contributed by atoms with E-state index in [-0.39, 0.29) is 40.0 Å². The summed E-state index contributed by atoms with van der Waals surface area (Å²) in [7, 11) is 1.64. The van der Waals surface area contributed by atoms with E-state index in [1.165, 1.54) is 0 Å². The molecule has 18 heavy (non-hydrogen) atoms. The smallest absolute Gasteiger partial charge is 1.00 e. The molecule has 0 aliphatic rings. The molecule has 0 bridgehead atoms. The van der Waals surface area contributed by atoms with Gasteiger partial charge in [0.15, 0.2) is 11.5 Å². The molecule has 2 aromatic carbocycles. The fraction of sp³-hybridized carbons (Fsp3) is 0.143. The van der Waals surface area contributed by atoms with Crippen molar-refractivity contribution >= 4 is 23.1 Å². The van der Waals surface area contributed by atoms with Gasteiger partial charge in [0.05, 0.1) is 13.7 Å². The molecule has 0 radical (unpaired) electrons. The van der Waals surface area contributed by atoms with E-state index in [0.29, 0.717) is 6.61 Å². The maximum Gasteiger partial charge on any atom is 2.00 e. The summed E-state index contributed by atoms with van der Waals surface area (Å²) in [5, 5.41) is 0. The largest absolute Gasteiger partial charge is 2.00 e. The Labute approximate surface area is 134 Å². The number of hydrogen-bond donors (Lipinski definition) is 0. The third-order valence-electron chi connectivity index (χ3n) is 2.25. The van der Waals surface area contributed by atoms with Crippen LogP contribution in [0.4, 0.5) is 0 Å². The minimum Gasteiger partial charge on any atom is -1.00 e. The predicted molar refractivity (Wildman–Crippen MR) is 68.4 cm³/mol. The van der Waals surface area contributed by atoms with Gasteiger partial charge in [-0.15, -0.1) is 5.56 Å². The number of benzene rings is 2. The van der Waals surface area contributed by atoms with Crippen LogP contribution in [0.25, 0.3) is 0 Å². The first kappa shape index (κ1) is 17.3. The van der Waals surface area contributed by atoms with Gasteiger partial charge in [-0.1, -0.05) is 12.1 Å². The molecule has 2 rings (SSSR count). The van der Waals surface area contributed by atoms with Gasteiger partial charge in [0, 0.05) is 0 Å². The van der Waals surface area contributed by atoms with Crippen LogP contribution in [0.15, 0.2) is 48.5 Å². The van der Waals surface area contributed by atoms with Crippen LogP contribution in [-0.4, -0.2) is 30.2 Å². The SMILES string of the molecule is COc1ccccc1OCc1cc[c-]cc1.[Br-].[Mg+2]. The van der Waals surface area contributed by atoms with Gasteiger partial charge in [-0.25, -0.2) is 0 Å². The molecule has 0 spiro atoms. The molecule has 0 aliphatic heterocycles. The fourth-order valence-electron chi connectivity index (χ4n) is 1.42. The molecule has 0 fully saturated rings. The Morgan fingerprint density at radius 3 is 2.22 bits per heavy atom. The Morgan fingerprint density at radius 1 is 1.00 bits per heavy atom. The number of hydrogen-bond acceptors (Lipinski definition) is 2. The molecule has 0 N–H and O–H groups in total. The summed E-state index contributed by atoms with van der Waals surface area (Å²) in [6.45, 7) is 0.537. The Balaban J connectivity index is 0.00000144. The Hall–Kier alpha value is -0.714. The van der Waals surface area contributed by atoms with Crippen LogP contribution < -0.4 is 26.5 Å². The molecule has 0 saturated heterocycles. The Bertz CT molecular complexity index is 449. The van der Waals surface area contributed by atoms with Crippen molar-refractivity contribution in [2.45, 2.75) is 6.61 Å². The zero-order valence-corrected chi connectivity index (χ0v) is 13.2. The van der Waals surface area contributed by atoms with E-state index >= 15 is 0 Å². The monoisotopic (exact) mass is 316 g/mol. The molecular weight excluding hydrogens is 304 g/mol. The van der Waals surface area contributed by atoms with Crippen molar-refractivity contribution in [3.63, 3.8) is 0 Å². The van der Waals surface area contributed by atoms with Crippen molar-refractivity contribution in [3.8, 4) is 11.5 Å². The van der Waals surface area contributed by atoms with Crippen LogP contribution >= 0.6 is 0 Å². The van der Waals surface area contributed by atoms with E-state index in [0.717, 1.165) is 17.1 Å². The second-order valence-corrected chi connectivity index (χ2v) is 3.35. The summed E-state index contributed by atoms with van der Waals surface area (Å²) in [4.78, 5) is 0. The second-order valence-electron chi connectivity index (χ2n) is 3.35. The van der Waals surface area contributed by atoms with Gasteiger partial charge in [-0.05, 0) is 12.1 Å². The van der Waals surface area contributed by atoms with E-state index in [1.54, 1.807) is 7.11 Å². The normalized spacial score (nSPS) is 8.72. The first-order chi connectivity index (χ1) is 7.90. The van der Waals surface area contributed by atoms with E-state index < -0.39 is 0 Å². The molecule has 0 aromatic heterocycles. The summed E-state index contributed by atoms with van der Waals surface area (Å²) in [5.41, 5.74) is 1.12. The quantitative estimate of drug-likeness (QED) is 0.569. The van der Waals surface area contributed by atoms with E-state index in [9.17, 15) is 0 Å². The maximum atomic E-state index is 5.68. The number of rotatable bonds is 4. The first-order valence-corrected chi connectivity index (χ1v) is 5.11. The van der Waals surface area contributed by atoms with Gasteiger partial charge in [0.25, 0.3) is 0 Å². The average Bonchev–Trinajstić information content (AvgIpc) is 2.38. The summed E-state index contributed by atoms with van der Waals surface area (Å²) < 4.78 is 10.9. The van der Waals surface area contributed by atoms with Crippen molar-refractivity contribution in [2.24, 2.45) is 0 Å². The van der Waals surface area contributed by atoms with Crippen molar-refractivity contribution in [3.05, 3.63) is 60.2 Å². The third kappa shape index (κ3) is 4.88. The summed E-state index contributed by atoms with van der Waals surface area (Å²) in [6.07, 6.45) is 0. The van der Waals surface area contributed by atoms with Crippen LogP contribution in [0.3, 0.4) is 0 Å². The first-order valence-electron chi connectivity index (χ1n) is 5.11. The molecule has 0 aliphatic carbocycles. The molecular formula is C14H13BrMgO2. The summed E-state index contributed by atoms with van der Waals surface area (Å²) >= 11 is 0. The summed E-state index contributed by atoms with van der Waals surface area (Å²) in [5.74, 6) is 1.52. The second kappa shape index (κ2) is 9.25. The molecule has 2 aromatic rings. The van der Waals surface area contributed by atoms with Crippen LogP contribution in [-0.2, 0) is 6.61 Å². The zero-order chi connectivity index (χ0) is 11.2. The molecule has 90 valence electrons. The topological polar surface area (TPSA) is 18.5 Å². The van der Waals surface area contributed by atoms with Crippen LogP contribution in [0, 0.1) is 6.07 Å². The molecule has 0 unspecified atom stereocenters. The van der Waals surface area contributed by atoms with E-state index in [1.807, 2.05) is 48.5 Å². The number of ether oxygens (including phenoxy) is 2. The van der Waals surface area contributed by atoms with Crippen LogP contribution in [0.1, 0.15) is 5.56 Å². The molecule has 0 atom stereocenters. The van der Waals surface area contributed by atoms with Gasteiger partial charge in [-0.3, -0.25) is 0 Å². The standard InChI is InChI=1S/C14H13O2.BrH.Mg/c1-15-13-9-5-6-10-14(13)16-11-12-7-3-2-4-8-12;;/h3-10H,11H2,1H3;1H;/q-1;;+2/p-1. The van der Waals surface area contributed by atoms with E-state index in [4.69, 9.17) is 9.47 Å². The zero-order valence-electron chi connectivity index (χ0n) is 10.2. The van der Waals surface area contributed by atoms with Gasteiger partial charge < -0.3 is 26.5 Å². The van der Waals surface area contributed by atoms with Gasteiger partial charge in [0.1, 0.15) is 0 Å². The van der Waals surface area contributed by atoms with Crippen molar-refractivity contribution in [1.82, 2.24) is 0 Å². The number of para-hydroxylation sites is 2. The number of methoxy groups -OCH3 is 1. The molecule has 0 heterocycles. The maximum absolute atomic E-state index is 5.68. The van der Waals surface area contributed by atoms with Crippen molar-refractivity contribution in [2.75, 3.05) is 7.11 Å². The number of halogens is 1. The Kier molecular flexibility index (Phi) is 8.88. The Morgan fingerprint density at radius 2 is 1.61 bits per heavy atom.